The fourth-order valence-corrected chi connectivity index (χ4v) is 0.946. The molecule has 0 saturated heterocycles. The van der Waals surface area contributed by atoms with Gasteiger partial charge < -0.3 is 10.2 Å². The van der Waals surface area contributed by atoms with Gasteiger partial charge in [0.15, 0.2) is 6.04 Å². The molecule has 0 rings (SSSR count). The van der Waals surface area contributed by atoms with E-state index < -0.39 is 18.1 Å². The fourth-order valence-electron chi connectivity index (χ4n) is 0.453. The highest BCUT2D eigenvalue weighted by Crippen LogP contribution is 2.10. The summed E-state index contributed by atoms with van der Waals surface area (Å²) < 4.78 is 0.410. The third-order valence-electron chi connectivity index (χ3n) is 0.920. The summed E-state index contributed by atoms with van der Waals surface area (Å²) in [6.45, 7) is 1.29. The van der Waals surface area contributed by atoms with Crippen molar-refractivity contribution < 1.29 is 15.0 Å². The van der Waals surface area contributed by atoms with Crippen molar-refractivity contribution in [3.8, 4) is 0 Å². The Balaban J connectivity index is 4.12. The van der Waals surface area contributed by atoms with E-state index in [0.29, 0.717) is 3.94 Å². The molecule has 0 heterocycles. The van der Waals surface area contributed by atoms with Gasteiger partial charge in [-0.3, -0.25) is 4.79 Å². The van der Waals surface area contributed by atoms with Crippen LogP contribution in [0.4, 0.5) is 0 Å². The predicted octanol–water partition coefficient (Wildman–Crippen LogP) is 0.430. The first kappa shape index (κ1) is 9.97. The summed E-state index contributed by atoms with van der Waals surface area (Å²) >= 11 is 10.2. The molecular formula is C4H7Cl2NO3. The van der Waals surface area contributed by atoms with Crippen molar-refractivity contribution in [1.29, 1.82) is 0 Å². The van der Waals surface area contributed by atoms with Gasteiger partial charge in [-0.1, -0.05) is 0 Å². The SMILES string of the molecule is CC(O)C(C(=O)O)N(Cl)Cl. The van der Waals surface area contributed by atoms with E-state index in [0.717, 1.165) is 0 Å². The predicted molar refractivity (Wildman–Crippen MR) is 36.6 cm³/mol. The molecule has 0 aliphatic heterocycles. The summed E-state index contributed by atoms with van der Waals surface area (Å²) in [6.07, 6.45) is -1.10. The highest BCUT2D eigenvalue weighted by Gasteiger charge is 2.28. The number of aliphatic carboxylic acids is 1. The van der Waals surface area contributed by atoms with Gasteiger partial charge in [0, 0.05) is 0 Å². The van der Waals surface area contributed by atoms with Crippen LogP contribution < -0.4 is 0 Å². The summed E-state index contributed by atoms with van der Waals surface area (Å²) in [5.41, 5.74) is 0. The molecule has 0 aromatic heterocycles. The van der Waals surface area contributed by atoms with Gasteiger partial charge in [-0.25, -0.2) is 0 Å². The largest absolute Gasteiger partial charge is 0.480 e. The first-order valence-electron chi connectivity index (χ1n) is 2.48. The summed E-state index contributed by atoms with van der Waals surface area (Å²) in [7, 11) is 0. The average Bonchev–Trinajstić information content (AvgIpc) is 1.59. The Morgan fingerprint density at radius 2 is 2.00 bits per heavy atom. The molecule has 0 aromatic carbocycles. The third kappa shape index (κ3) is 2.70. The van der Waals surface area contributed by atoms with Crippen LogP contribution in [0.25, 0.3) is 0 Å². The summed E-state index contributed by atoms with van der Waals surface area (Å²) in [5.74, 6) is -1.26. The van der Waals surface area contributed by atoms with E-state index in [1.165, 1.54) is 6.92 Å². The highest BCUT2D eigenvalue weighted by atomic mass is 35.5. The molecule has 0 saturated carbocycles. The summed E-state index contributed by atoms with van der Waals surface area (Å²) in [5, 5.41) is 17.1. The lowest BCUT2D eigenvalue weighted by molar-refractivity contribution is -0.143. The van der Waals surface area contributed by atoms with Crippen LogP contribution in [0, 0.1) is 0 Å². The molecule has 2 atom stereocenters. The fraction of sp³-hybridized carbons (Fsp3) is 0.750. The molecule has 0 bridgehead atoms. The van der Waals surface area contributed by atoms with Crippen LogP contribution in [-0.2, 0) is 4.79 Å². The number of carboxylic acids is 1. The quantitative estimate of drug-likeness (QED) is 0.630. The lowest BCUT2D eigenvalue weighted by Crippen LogP contribution is -2.38. The maximum Gasteiger partial charge on any atom is 0.326 e. The second kappa shape index (κ2) is 3.98. The van der Waals surface area contributed by atoms with E-state index in [1.807, 2.05) is 0 Å². The minimum Gasteiger partial charge on any atom is -0.480 e. The van der Waals surface area contributed by atoms with E-state index in [4.69, 9.17) is 33.8 Å². The van der Waals surface area contributed by atoms with E-state index in [1.54, 1.807) is 0 Å². The standard InChI is InChI=1S/C4H7Cl2NO3/c1-2(8)3(4(9)10)7(5)6/h2-3,8H,1H3,(H,9,10). The van der Waals surface area contributed by atoms with E-state index in [-0.39, 0.29) is 0 Å². The van der Waals surface area contributed by atoms with Gasteiger partial charge >= 0.3 is 5.97 Å². The van der Waals surface area contributed by atoms with Crippen molar-refractivity contribution >= 4 is 29.5 Å². The van der Waals surface area contributed by atoms with Crippen molar-refractivity contribution in [3.05, 3.63) is 0 Å². The number of rotatable bonds is 3. The molecule has 0 aliphatic rings. The van der Waals surface area contributed by atoms with Gasteiger partial charge in [0.05, 0.1) is 6.10 Å². The zero-order valence-electron chi connectivity index (χ0n) is 5.16. The van der Waals surface area contributed by atoms with Crippen molar-refractivity contribution in [1.82, 2.24) is 3.94 Å². The third-order valence-corrected chi connectivity index (χ3v) is 1.34. The number of carbonyl (C=O) groups is 1. The van der Waals surface area contributed by atoms with Crippen molar-refractivity contribution in [2.75, 3.05) is 0 Å². The zero-order chi connectivity index (χ0) is 8.31. The van der Waals surface area contributed by atoms with Crippen LogP contribution in [0.5, 0.6) is 0 Å². The normalized spacial score (nSPS) is 16.9. The molecule has 6 heteroatoms. The number of aliphatic hydroxyl groups is 1. The zero-order valence-corrected chi connectivity index (χ0v) is 6.67. The van der Waals surface area contributed by atoms with Gasteiger partial charge in [0.25, 0.3) is 0 Å². The summed E-state index contributed by atoms with van der Waals surface area (Å²) in [6, 6.07) is -1.27. The molecule has 60 valence electrons. The topological polar surface area (TPSA) is 60.8 Å². The number of carboxylic acid groups (broad SMARTS) is 1. The Morgan fingerprint density at radius 1 is 1.60 bits per heavy atom. The van der Waals surface area contributed by atoms with Gasteiger partial charge in [0.2, 0.25) is 0 Å². The molecular weight excluding hydrogens is 181 g/mol. The number of aliphatic hydroxyl groups excluding tert-OH is 1. The molecule has 0 amide bonds. The van der Waals surface area contributed by atoms with Crippen molar-refractivity contribution in [2.45, 2.75) is 19.1 Å². The van der Waals surface area contributed by atoms with Crippen LogP contribution in [-0.4, -0.2) is 32.3 Å². The van der Waals surface area contributed by atoms with E-state index in [2.05, 4.69) is 0 Å². The molecule has 2 N–H and O–H groups in total. The molecule has 10 heavy (non-hydrogen) atoms. The lowest BCUT2D eigenvalue weighted by Gasteiger charge is -2.16. The molecule has 0 spiro atoms. The maximum atomic E-state index is 10.2. The Hall–Kier alpha value is -0.0300. The second-order valence-corrected chi connectivity index (χ2v) is 2.68. The number of hydrogen-bond donors (Lipinski definition) is 2. The van der Waals surface area contributed by atoms with E-state index >= 15 is 0 Å². The monoisotopic (exact) mass is 187 g/mol. The number of nitrogens with zero attached hydrogens (tertiary/aromatic N) is 1. The Kier molecular flexibility index (Phi) is 3.96. The van der Waals surface area contributed by atoms with Crippen LogP contribution in [0.15, 0.2) is 0 Å². The Bertz CT molecular complexity index is 120. The van der Waals surface area contributed by atoms with Crippen molar-refractivity contribution in [3.63, 3.8) is 0 Å². The summed E-state index contributed by atoms with van der Waals surface area (Å²) in [4.78, 5) is 10.2. The molecule has 0 radical (unpaired) electrons. The molecule has 0 aromatic rings. The van der Waals surface area contributed by atoms with Crippen LogP contribution in [0.3, 0.4) is 0 Å². The van der Waals surface area contributed by atoms with Gasteiger partial charge in [-0.15, -0.1) is 3.94 Å². The van der Waals surface area contributed by atoms with Gasteiger partial charge in [-0.05, 0) is 30.5 Å². The smallest absolute Gasteiger partial charge is 0.326 e. The average molecular weight is 188 g/mol. The second-order valence-electron chi connectivity index (χ2n) is 1.78. The molecule has 2 unspecified atom stereocenters. The first-order valence-corrected chi connectivity index (χ1v) is 3.16. The highest BCUT2D eigenvalue weighted by molar-refractivity contribution is 6.35. The van der Waals surface area contributed by atoms with Gasteiger partial charge in [-0.2, -0.15) is 0 Å². The van der Waals surface area contributed by atoms with Crippen LogP contribution in [0.1, 0.15) is 6.92 Å². The van der Waals surface area contributed by atoms with Crippen LogP contribution >= 0.6 is 23.6 Å². The Morgan fingerprint density at radius 3 is 2.00 bits per heavy atom. The lowest BCUT2D eigenvalue weighted by atomic mass is 10.2. The minimum atomic E-state index is -1.27. The Labute approximate surface area is 68.2 Å². The van der Waals surface area contributed by atoms with E-state index in [9.17, 15) is 4.79 Å². The minimum absolute atomic E-state index is 0.410. The number of hydrogen-bond acceptors (Lipinski definition) is 3. The molecule has 0 fully saturated rings. The number of halogens is 2. The van der Waals surface area contributed by atoms with Gasteiger partial charge in [0.1, 0.15) is 0 Å². The first-order chi connectivity index (χ1) is 4.46. The maximum absolute atomic E-state index is 10.2. The van der Waals surface area contributed by atoms with Crippen molar-refractivity contribution in [2.24, 2.45) is 0 Å². The molecule has 0 aliphatic carbocycles. The molecule has 4 nitrogen and oxygen atoms in total. The van der Waals surface area contributed by atoms with Crippen LogP contribution in [0.2, 0.25) is 0 Å².